The molecule has 6 heteroatoms. The van der Waals surface area contributed by atoms with E-state index in [1.54, 1.807) is 0 Å². The fraction of sp³-hybridized carbons (Fsp3) is 0.429. The van der Waals surface area contributed by atoms with Crippen LogP contribution in [0.3, 0.4) is 0 Å². The number of ether oxygens (including phenoxy) is 1. The molecule has 0 amide bonds. The molecule has 4 aromatic rings. The first-order valence-electron chi connectivity index (χ1n) is 18.1. The summed E-state index contributed by atoms with van der Waals surface area (Å²) in [5, 5.41) is 4.11. The summed E-state index contributed by atoms with van der Waals surface area (Å²) in [7, 11) is -1.88. The Morgan fingerprint density at radius 2 is 1.33 bits per heavy atom. The van der Waals surface area contributed by atoms with E-state index < -0.39 is 7.26 Å². The van der Waals surface area contributed by atoms with Crippen molar-refractivity contribution in [3.05, 3.63) is 122 Å². The third kappa shape index (κ3) is 12.8. The van der Waals surface area contributed by atoms with E-state index in [2.05, 4.69) is 126 Å². The molecule has 0 aliphatic rings. The Morgan fingerprint density at radius 3 is 1.92 bits per heavy atom. The van der Waals surface area contributed by atoms with Crippen molar-refractivity contribution >= 4 is 29.1 Å². The molecule has 258 valence electrons. The number of hydrogen-bond acceptors (Lipinski definition) is 3. The maximum atomic E-state index is 12.6. The predicted molar refractivity (Wildman–Crippen MR) is 202 cm³/mol. The topological polar surface area (TPSA) is 44.1 Å². The van der Waals surface area contributed by atoms with Gasteiger partial charge in [0.15, 0.2) is 0 Å². The summed E-state index contributed by atoms with van der Waals surface area (Å²) in [5.41, 5.74) is 0. The lowest BCUT2D eigenvalue weighted by molar-refractivity contribution is -0.143. The number of benzene rings is 3. The molecule has 0 aliphatic carbocycles. The van der Waals surface area contributed by atoms with Crippen LogP contribution in [0.2, 0.25) is 0 Å². The second-order valence-electron chi connectivity index (χ2n) is 12.6. The van der Waals surface area contributed by atoms with Gasteiger partial charge in [0, 0.05) is 31.3 Å². The molecule has 0 radical (unpaired) electrons. The van der Waals surface area contributed by atoms with Crippen molar-refractivity contribution in [3.63, 3.8) is 0 Å². The highest BCUT2D eigenvalue weighted by atomic mass is 79.9. The first kappa shape index (κ1) is 39.4. The van der Waals surface area contributed by atoms with Crippen molar-refractivity contribution in [3.8, 4) is 0 Å². The zero-order chi connectivity index (χ0) is 32.8. The highest BCUT2D eigenvalue weighted by Gasteiger charge is 2.44. The molecule has 4 nitrogen and oxygen atoms in total. The van der Waals surface area contributed by atoms with Gasteiger partial charge in [-0.25, -0.2) is 4.98 Å². The third-order valence-electron chi connectivity index (χ3n) is 9.16. The lowest BCUT2D eigenvalue weighted by Crippen LogP contribution is -3.00. The summed E-state index contributed by atoms with van der Waals surface area (Å²) in [6.07, 6.45) is 27.3. The molecule has 0 saturated heterocycles. The van der Waals surface area contributed by atoms with Crippen LogP contribution in [0.1, 0.15) is 103 Å². The molecule has 48 heavy (non-hydrogen) atoms. The summed E-state index contributed by atoms with van der Waals surface area (Å²) in [4.78, 5) is 16.9. The Kier molecular flexibility index (Phi) is 19.2. The number of rotatable bonds is 23. The van der Waals surface area contributed by atoms with Crippen LogP contribution in [0.4, 0.5) is 0 Å². The van der Waals surface area contributed by atoms with E-state index >= 15 is 0 Å². The quantitative estimate of drug-likeness (QED) is 0.0358. The molecule has 0 unspecified atom stereocenters. The average molecular weight is 732 g/mol. The van der Waals surface area contributed by atoms with Crippen molar-refractivity contribution in [2.24, 2.45) is 0 Å². The molecule has 0 saturated carbocycles. The molecule has 0 N–H and O–H groups in total. The molecule has 0 aliphatic heterocycles. The fourth-order valence-electron chi connectivity index (χ4n) is 6.56. The number of hydrogen-bond donors (Lipinski definition) is 0. The first-order chi connectivity index (χ1) is 23.2. The lowest BCUT2D eigenvalue weighted by atomic mass is 10.0. The molecule has 3 aromatic carbocycles. The number of imidazole rings is 1. The van der Waals surface area contributed by atoms with Gasteiger partial charge in [-0.15, -0.1) is 0 Å². The molecule has 0 bridgehead atoms. The number of allylic oxidation sites excluding steroid dienone is 2. The Morgan fingerprint density at radius 1 is 0.750 bits per heavy atom. The summed E-state index contributed by atoms with van der Waals surface area (Å²) >= 11 is 0. The summed E-state index contributed by atoms with van der Waals surface area (Å²) < 4.78 is 8.04. The maximum absolute atomic E-state index is 12.6. The number of unbranched alkanes of at least 4 members (excludes halogenated alkanes) is 8. The van der Waals surface area contributed by atoms with Gasteiger partial charge < -0.3 is 26.3 Å². The van der Waals surface area contributed by atoms with Crippen LogP contribution >= 0.6 is 7.26 Å². The summed E-state index contributed by atoms with van der Waals surface area (Å²) in [6, 6.07) is 33.2. The Labute approximate surface area is 301 Å². The number of nitrogens with zero attached hydrogens (tertiary/aromatic N) is 2. The van der Waals surface area contributed by atoms with E-state index in [1.807, 2.05) is 12.5 Å². The van der Waals surface area contributed by atoms with Crippen LogP contribution in [-0.4, -0.2) is 28.3 Å². The summed E-state index contributed by atoms with van der Waals surface area (Å²) in [6.45, 7) is 2.74. The molecule has 1 aromatic heterocycles. The van der Waals surface area contributed by atoms with Gasteiger partial charge in [0.1, 0.15) is 23.2 Å². The summed E-state index contributed by atoms with van der Waals surface area (Å²) in [5.74, 6) is -0.0573. The largest absolute Gasteiger partial charge is 1.00 e. The van der Waals surface area contributed by atoms with Crippen LogP contribution in [0.5, 0.6) is 0 Å². The minimum absolute atomic E-state index is 0. The van der Waals surface area contributed by atoms with Crippen molar-refractivity contribution in [1.29, 1.82) is 0 Å². The molecular weight excluding hydrogens is 675 g/mol. The van der Waals surface area contributed by atoms with E-state index in [-0.39, 0.29) is 23.0 Å². The smallest absolute Gasteiger partial charge is 0.305 e. The van der Waals surface area contributed by atoms with E-state index in [0.29, 0.717) is 19.1 Å². The molecule has 0 spiro atoms. The Balaban J connectivity index is 0.00000625. The van der Waals surface area contributed by atoms with Gasteiger partial charge in [0.25, 0.3) is 0 Å². The monoisotopic (exact) mass is 730 g/mol. The zero-order valence-corrected chi connectivity index (χ0v) is 31.5. The fourth-order valence-corrected chi connectivity index (χ4v) is 10.9. The second kappa shape index (κ2) is 23.4. The van der Waals surface area contributed by atoms with E-state index in [0.717, 1.165) is 38.3 Å². The third-order valence-corrected chi connectivity index (χ3v) is 13.7. The number of carbonyl (C=O) groups excluding carboxylic acids is 1. The number of aromatic nitrogens is 2. The zero-order valence-electron chi connectivity index (χ0n) is 29.0. The van der Waals surface area contributed by atoms with Crippen molar-refractivity contribution in [2.45, 2.75) is 103 Å². The second-order valence-corrected chi connectivity index (χ2v) is 16.3. The van der Waals surface area contributed by atoms with Gasteiger partial charge in [0.2, 0.25) is 0 Å². The highest BCUT2D eigenvalue weighted by Crippen LogP contribution is 2.55. The van der Waals surface area contributed by atoms with Crippen molar-refractivity contribution in [2.75, 3.05) is 12.8 Å². The van der Waals surface area contributed by atoms with Gasteiger partial charge in [-0.1, -0.05) is 119 Å². The Hall–Kier alpha value is -3.01. The van der Waals surface area contributed by atoms with Gasteiger partial charge in [0.05, 0.1) is 19.1 Å². The number of esters is 1. The van der Waals surface area contributed by atoms with Crippen molar-refractivity contribution in [1.82, 2.24) is 9.55 Å². The SMILES string of the molecule is CCCCCC[C@@H](C/C=C\CCCCCCCC(=O)OCCC[P+](c1ccccc1)(c1ccccc1)c1ccccc1)n1ccnc1.[Br-]. The van der Waals surface area contributed by atoms with Crippen molar-refractivity contribution < 1.29 is 26.5 Å². The van der Waals surface area contributed by atoms with E-state index in [9.17, 15) is 4.79 Å². The molecule has 4 rings (SSSR count). The molecule has 1 atom stereocenters. The molecular formula is C42H56BrN2O2P. The average Bonchev–Trinajstić information content (AvgIpc) is 3.66. The van der Waals surface area contributed by atoms with Crippen LogP contribution in [0.25, 0.3) is 0 Å². The minimum atomic E-state index is -1.88. The van der Waals surface area contributed by atoms with Gasteiger partial charge in [-0.2, -0.15) is 0 Å². The maximum Gasteiger partial charge on any atom is 0.305 e. The first-order valence-corrected chi connectivity index (χ1v) is 20.0. The lowest BCUT2D eigenvalue weighted by Gasteiger charge is -2.27. The van der Waals surface area contributed by atoms with Crippen LogP contribution in [0, 0.1) is 0 Å². The number of halogens is 1. The minimum Gasteiger partial charge on any atom is -1.00 e. The molecule has 0 fully saturated rings. The van der Waals surface area contributed by atoms with Crippen LogP contribution in [0.15, 0.2) is 122 Å². The van der Waals surface area contributed by atoms with Gasteiger partial charge in [-0.05, 0) is 68.5 Å². The van der Waals surface area contributed by atoms with Crippen LogP contribution < -0.4 is 32.9 Å². The van der Waals surface area contributed by atoms with E-state index in [4.69, 9.17) is 4.74 Å². The van der Waals surface area contributed by atoms with Gasteiger partial charge >= 0.3 is 5.97 Å². The van der Waals surface area contributed by atoms with E-state index in [1.165, 1.54) is 67.3 Å². The normalized spacial score (nSPS) is 12.1. The number of carbonyl (C=O) groups is 1. The Bertz CT molecular complexity index is 1300. The molecule has 1 heterocycles. The van der Waals surface area contributed by atoms with Crippen LogP contribution in [-0.2, 0) is 9.53 Å². The highest BCUT2D eigenvalue weighted by molar-refractivity contribution is 7.95. The van der Waals surface area contributed by atoms with Gasteiger partial charge in [-0.3, -0.25) is 4.79 Å². The predicted octanol–water partition coefficient (Wildman–Crippen LogP) is 7.00. The standard InChI is InChI=1S/C42H56N2O2P.BrH/c1-2-3-4-14-24-38(44-34-33-43-37-44)25-15-9-7-5-6-8-10-22-32-42(45)46-35-23-36-47(39-26-16-11-17-27-39,40-28-18-12-19-29-40)41-30-20-13-21-31-41;/h9,11-13,15-21,26-31,33-34,37-38H,2-8,10,14,22-25,32,35-36H2,1H3;1H/q+1;/p-1/b15-9-;/t38-;/m0./s1.